The predicted molar refractivity (Wildman–Crippen MR) is 171 cm³/mol. The summed E-state index contributed by atoms with van der Waals surface area (Å²) in [7, 11) is -4.16. The summed E-state index contributed by atoms with van der Waals surface area (Å²) >= 11 is 6.11. The number of halogens is 1. The molecule has 4 rings (SSSR count). The predicted octanol–water partition coefficient (Wildman–Crippen LogP) is 6.01. The van der Waals surface area contributed by atoms with Crippen LogP contribution in [0.5, 0.6) is 0 Å². The van der Waals surface area contributed by atoms with Crippen molar-refractivity contribution in [3.05, 3.63) is 131 Å². The van der Waals surface area contributed by atoms with Gasteiger partial charge in [-0.25, -0.2) is 8.42 Å². The van der Waals surface area contributed by atoms with Crippen molar-refractivity contribution >= 4 is 39.1 Å². The van der Waals surface area contributed by atoms with Crippen LogP contribution in [0.1, 0.15) is 30.5 Å². The number of rotatable bonds is 12. The molecule has 9 heteroatoms. The van der Waals surface area contributed by atoms with Gasteiger partial charge in [0, 0.05) is 24.0 Å². The molecule has 0 saturated carbocycles. The molecule has 224 valence electrons. The summed E-state index contributed by atoms with van der Waals surface area (Å²) in [5.41, 5.74) is 2.99. The third-order valence-electron chi connectivity index (χ3n) is 6.86. The molecule has 0 aliphatic heterocycles. The SMILES string of the molecule is Cc1cccc(CN(C(=O)CN(c2ccc(Cl)cc2)S(=O)(=O)c2ccccc2)[C@H](Cc2ccccc2)C(=O)NC(C)C)c1. The van der Waals surface area contributed by atoms with Crippen LogP contribution in [-0.2, 0) is 32.6 Å². The molecular formula is C34H36ClN3O4S. The highest BCUT2D eigenvalue weighted by molar-refractivity contribution is 7.92. The zero-order valence-corrected chi connectivity index (χ0v) is 26.1. The highest BCUT2D eigenvalue weighted by atomic mass is 35.5. The second-order valence-corrected chi connectivity index (χ2v) is 13.0. The number of nitrogens with one attached hydrogen (secondary N) is 1. The van der Waals surface area contributed by atoms with E-state index >= 15 is 0 Å². The van der Waals surface area contributed by atoms with Gasteiger partial charge in [-0.3, -0.25) is 13.9 Å². The van der Waals surface area contributed by atoms with Crippen molar-refractivity contribution in [3.8, 4) is 0 Å². The van der Waals surface area contributed by atoms with Crippen molar-refractivity contribution in [1.82, 2.24) is 10.2 Å². The molecule has 0 aliphatic carbocycles. The minimum atomic E-state index is -4.16. The van der Waals surface area contributed by atoms with E-state index in [0.717, 1.165) is 21.0 Å². The van der Waals surface area contributed by atoms with Crippen molar-refractivity contribution in [1.29, 1.82) is 0 Å². The molecular weight excluding hydrogens is 582 g/mol. The van der Waals surface area contributed by atoms with E-state index in [1.54, 1.807) is 42.5 Å². The normalized spacial score (nSPS) is 12.0. The number of sulfonamides is 1. The van der Waals surface area contributed by atoms with E-state index in [-0.39, 0.29) is 35.5 Å². The van der Waals surface area contributed by atoms with Crippen LogP contribution in [0.3, 0.4) is 0 Å². The van der Waals surface area contributed by atoms with Crippen molar-refractivity contribution in [2.75, 3.05) is 10.8 Å². The average molecular weight is 618 g/mol. The van der Waals surface area contributed by atoms with Gasteiger partial charge < -0.3 is 10.2 Å². The topological polar surface area (TPSA) is 86.8 Å². The van der Waals surface area contributed by atoms with Gasteiger partial charge in [0.2, 0.25) is 11.8 Å². The molecule has 1 N–H and O–H groups in total. The van der Waals surface area contributed by atoms with Gasteiger partial charge in [0.1, 0.15) is 12.6 Å². The molecule has 7 nitrogen and oxygen atoms in total. The third-order valence-corrected chi connectivity index (χ3v) is 8.90. The molecule has 0 spiro atoms. The number of benzene rings is 4. The molecule has 0 aromatic heterocycles. The van der Waals surface area contributed by atoms with Crippen molar-refractivity contribution in [2.45, 2.75) is 50.7 Å². The van der Waals surface area contributed by atoms with Gasteiger partial charge in [0.15, 0.2) is 0 Å². The first-order valence-electron chi connectivity index (χ1n) is 14.1. The van der Waals surface area contributed by atoms with Gasteiger partial charge in [-0.2, -0.15) is 0 Å². The summed E-state index contributed by atoms with van der Waals surface area (Å²) in [5.74, 6) is -0.834. The van der Waals surface area contributed by atoms with Crippen LogP contribution < -0.4 is 9.62 Å². The van der Waals surface area contributed by atoms with Gasteiger partial charge in [-0.05, 0) is 68.3 Å². The van der Waals surface area contributed by atoms with E-state index in [4.69, 9.17) is 11.6 Å². The Labute approximate surface area is 259 Å². The Kier molecular flexibility index (Phi) is 10.6. The first-order valence-corrected chi connectivity index (χ1v) is 15.9. The number of hydrogen-bond acceptors (Lipinski definition) is 4. The zero-order valence-electron chi connectivity index (χ0n) is 24.5. The van der Waals surface area contributed by atoms with Crippen molar-refractivity contribution in [3.63, 3.8) is 0 Å². The molecule has 0 bridgehead atoms. The van der Waals surface area contributed by atoms with Crippen LogP contribution >= 0.6 is 11.6 Å². The van der Waals surface area contributed by atoms with Gasteiger partial charge in [0.05, 0.1) is 10.6 Å². The monoisotopic (exact) mass is 617 g/mol. The highest BCUT2D eigenvalue weighted by Crippen LogP contribution is 2.26. The van der Waals surface area contributed by atoms with E-state index in [1.807, 2.05) is 75.4 Å². The largest absolute Gasteiger partial charge is 0.352 e. The molecule has 0 radical (unpaired) electrons. The zero-order chi connectivity index (χ0) is 31.0. The standard InChI is InChI=1S/C34H36ClN3O4S/c1-25(2)36-34(40)32(22-27-12-6-4-7-13-27)37(23-28-14-10-11-26(3)21-28)33(39)24-38(30-19-17-29(35)18-20-30)43(41,42)31-15-8-5-9-16-31/h4-21,25,32H,22-24H2,1-3H3,(H,36,40)/t32-/m1/s1. The summed E-state index contributed by atoms with van der Waals surface area (Å²) < 4.78 is 29.0. The van der Waals surface area contributed by atoms with E-state index in [9.17, 15) is 18.0 Å². The van der Waals surface area contributed by atoms with E-state index in [1.165, 1.54) is 17.0 Å². The van der Waals surface area contributed by atoms with Gasteiger partial charge in [-0.15, -0.1) is 0 Å². The number of amides is 2. The highest BCUT2D eigenvalue weighted by Gasteiger charge is 2.34. The first-order chi connectivity index (χ1) is 20.5. The maximum Gasteiger partial charge on any atom is 0.264 e. The lowest BCUT2D eigenvalue weighted by Gasteiger charge is -2.34. The van der Waals surface area contributed by atoms with Crippen molar-refractivity contribution < 1.29 is 18.0 Å². The lowest BCUT2D eigenvalue weighted by atomic mass is 10.0. The van der Waals surface area contributed by atoms with Crippen LogP contribution in [-0.4, -0.2) is 43.8 Å². The number of carbonyl (C=O) groups is 2. The maximum atomic E-state index is 14.4. The second kappa shape index (κ2) is 14.4. The molecule has 4 aromatic carbocycles. The molecule has 43 heavy (non-hydrogen) atoms. The molecule has 0 heterocycles. The number of carbonyl (C=O) groups excluding carboxylic acids is 2. The minimum absolute atomic E-state index is 0.0429. The Morgan fingerprint density at radius 1 is 0.814 bits per heavy atom. The van der Waals surface area contributed by atoms with Crippen LogP contribution in [0.2, 0.25) is 5.02 Å². The van der Waals surface area contributed by atoms with Crippen LogP contribution in [0.25, 0.3) is 0 Å². The Hall–Kier alpha value is -4.14. The van der Waals surface area contributed by atoms with Gasteiger partial charge >= 0.3 is 0 Å². The third kappa shape index (κ3) is 8.46. The maximum absolute atomic E-state index is 14.4. The van der Waals surface area contributed by atoms with Crippen molar-refractivity contribution in [2.24, 2.45) is 0 Å². The Morgan fingerprint density at radius 3 is 2.02 bits per heavy atom. The van der Waals surface area contributed by atoms with Gasteiger partial charge in [-0.1, -0.05) is 90.0 Å². The molecule has 1 atom stereocenters. The summed E-state index contributed by atoms with van der Waals surface area (Å²) in [6.07, 6.45) is 0.253. The molecule has 0 aliphatic rings. The lowest BCUT2D eigenvalue weighted by Crippen LogP contribution is -2.54. The Balaban J connectivity index is 1.79. The van der Waals surface area contributed by atoms with Crippen LogP contribution in [0, 0.1) is 6.92 Å². The Morgan fingerprint density at radius 2 is 1.42 bits per heavy atom. The molecule has 0 saturated heterocycles. The fraction of sp³-hybridized carbons (Fsp3) is 0.235. The van der Waals surface area contributed by atoms with E-state index < -0.39 is 28.5 Å². The van der Waals surface area contributed by atoms with Crippen LogP contribution in [0.15, 0.2) is 114 Å². The number of anilines is 1. The number of nitrogens with zero attached hydrogens (tertiary/aromatic N) is 2. The summed E-state index contributed by atoms with van der Waals surface area (Å²) in [6, 6.07) is 30.4. The molecule has 4 aromatic rings. The molecule has 0 fully saturated rings. The summed E-state index contributed by atoms with van der Waals surface area (Å²) in [5, 5.41) is 3.40. The fourth-order valence-electron chi connectivity index (χ4n) is 4.80. The van der Waals surface area contributed by atoms with Gasteiger partial charge in [0.25, 0.3) is 10.0 Å². The smallest absolute Gasteiger partial charge is 0.264 e. The number of hydrogen-bond donors (Lipinski definition) is 1. The fourth-order valence-corrected chi connectivity index (χ4v) is 6.36. The molecule has 2 amide bonds. The quantitative estimate of drug-likeness (QED) is 0.211. The summed E-state index contributed by atoms with van der Waals surface area (Å²) in [4.78, 5) is 29.6. The second-order valence-electron chi connectivity index (χ2n) is 10.7. The number of aryl methyl sites for hydroxylation is 1. The Bertz CT molecular complexity index is 1630. The first kappa shape index (κ1) is 31.8. The summed E-state index contributed by atoms with van der Waals surface area (Å²) in [6.45, 7) is 5.27. The average Bonchev–Trinajstić information content (AvgIpc) is 2.98. The van der Waals surface area contributed by atoms with Crippen LogP contribution in [0.4, 0.5) is 5.69 Å². The molecule has 0 unspecified atom stereocenters. The van der Waals surface area contributed by atoms with E-state index in [2.05, 4.69) is 5.32 Å². The lowest BCUT2D eigenvalue weighted by molar-refractivity contribution is -0.140. The minimum Gasteiger partial charge on any atom is -0.352 e. The van der Waals surface area contributed by atoms with E-state index in [0.29, 0.717) is 5.02 Å².